The maximum absolute atomic E-state index is 12.2. The van der Waals surface area contributed by atoms with Crippen LogP contribution in [0.3, 0.4) is 0 Å². The van der Waals surface area contributed by atoms with E-state index in [4.69, 9.17) is 9.47 Å². The second-order valence-corrected chi connectivity index (χ2v) is 5.58. The maximum Gasteiger partial charge on any atom is 0.363 e. The molecule has 0 unspecified atom stereocenters. The van der Waals surface area contributed by atoms with E-state index in [2.05, 4.69) is 11.9 Å². The first-order chi connectivity index (χ1) is 11.6. The van der Waals surface area contributed by atoms with Gasteiger partial charge in [-0.1, -0.05) is 31.2 Å². The van der Waals surface area contributed by atoms with Gasteiger partial charge >= 0.3 is 5.97 Å². The fourth-order valence-corrected chi connectivity index (χ4v) is 2.60. The molecule has 0 aliphatic carbocycles. The number of hydrogen-bond acceptors (Lipinski definition) is 4. The molecule has 1 aliphatic rings. The van der Waals surface area contributed by atoms with Crippen LogP contribution in [0.25, 0.3) is 6.08 Å². The highest BCUT2D eigenvalue weighted by molar-refractivity contribution is 6.13. The van der Waals surface area contributed by atoms with Crippen LogP contribution in [0.5, 0.6) is 5.75 Å². The molecule has 122 valence electrons. The van der Waals surface area contributed by atoms with Gasteiger partial charge in [0, 0.05) is 11.1 Å². The third kappa shape index (κ3) is 3.08. The summed E-state index contributed by atoms with van der Waals surface area (Å²) in [5.41, 5.74) is 4.09. The van der Waals surface area contributed by atoms with Crippen LogP contribution in [-0.2, 0) is 16.0 Å². The van der Waals surface area contributed by atoms with Gasteiger partial charge in [-0.2, -0.15) is 0 Å². The molecule has 4 heteroatoms. The standard InChI is InChI=1S/C20H19NO3/c1-4-14-9-10-18(23-3)15(11-14)12-17-20(22)24-19(21-17)16-8-6-5-7-13(16)2/h5-12H,4H2,1-3H3/b17-12+. The van der Waals surface area contributed by atoms with E-state index in [0.717, 1.165) is 28.7 Å². The molecule has 1 heterocycles. The van der Waals surface area contributed by atoms with Crippen molar-refractivity contribution in [3.63, 3.8) is 0 Å². The van der Waals surface area contributed by atoms with Crippen LogP contribution in [0, 0.1) is 6.92 Å². The van der Waals surface area contributed by atoms with Crippen LogP contribution in [0.2, 0.25) is 0 Å². The molecule has 0 spiro atoms. The van der Waals surface area contributed by atoms with E-state index in [1.165, 1.54) is 0 Å². The molecule has 0 saturated carbocycles. The van der Waals surface area contributed by atoms with Crippen molar-refractivity contribution in [3.8, 4) is 5.75 Å². The summed E-state index contributed by atoms with van der Waals surface area (Å²) in [5, 5.41) is 0. The van der Waals surface area contributed by atoms with Crippen molar-refractivity contribution in [2.75, 3.05) is 7.11 Å². The molecule has 2 aromatic carbocycles. The summed E-state index contributed by atoms with van der Waals surface area (Å²) in [6.07, 6.45) is 2.62. The molecular formula is C20H19NO3. The number of esters is 1. The van der Waals surface area contributed by atoms with E-state index in [9.17, 15) is 4.79 Å². The second kappa shape index (κ2) is 6.71. The predicted octanol–water partition coefficient (Wildman–Crippen LogP) is 3.91. The minimum absolute atomic E-state index is 0.278. The predicted molar refractivity (Wildman–Crippen MR) is 94.2 cm³/mol. The third-order valence-corrected chi connectivity index (χ3v) is 3.99. The molecule has 2 aromatic rings. The molecule has 0 fully saturated rings. The smallest absolute Gasteiger partial charge is 0.363 e. The van der Waals surface area contributed by atoms with E-state index < -0.39 is 5.97 Å². The summed E-state index contributed by atoms with van der Waals surface area (Å²) in [6, 6.07) is 13.6. The van der Waals surface area contributed by atoms with Gasteiger partial charge in [0.05, 0.1) is 7.11 Å². The molecule has 0 bridgehead atoms. The number of hydrogen-bond donors (Lipinski definition) is 0. The van der Waals surface area contributed by atoms with Crippen molar-refractivity contribution in [3.05, 3.63) is 70.4 Å². The average Bonchev–Trinajstić information content (AvgIpc) is 2.95. The van der Waals surface area contributed by atoms with Gasteiger partial charge in [-0.05, 0) is 48.7 Å². The molecule has 0 amide bonds. The third-order valence-electron chi connectivity index (χ3n) is 3.99. The van der Waals surface area contributed by atoms with Crippen LogP contribution < -0.4 is 4.74 Å². The summed E-state index contributed by atoms with van der Waals surface area (Å²) in [5.74, 6) is 0.596. The second-order valence-electron chi connectivity index (χ2n) is 5.58. The summed E-state index contributed by atoms with van der Waals surface area (Å²) in [7, 11) is 1.61. The van der Waals surface area contributed by atoms with Gasteiger partial charge in [0.25, 0.3) is 0 Å². The van der Waals surface area contributed by atoms with Crippen LogP contribution in [-0.4, -0.2) is 19.0 Å². The van der Waals surface area contributed by atoms with Crippen molar-refractivity contribution in [1.29, 1.82) is 0 Å². The molecule has 3 rings (SSSR count). The highest BCUT2D eigenvalue weighted by atomic mass is 16.6. The number of aliphatic imine (C=N–C) groups is 1. The van der Waals surface area contributed by atoms with E-state index in [0.29, 0.717) is 11.6 Å². The molecule has 0 N–H and O–H groups in total. The molecule has 4 nitrogen and oxygen atoms in total. The lowest BCUT2D eigenvalue weighted by Crippen LogP contribution is -2.06. The topological polar surface area (TPSA) is 47.9 Å². The normalized spacial score (nSPS) is 15.4. The number of cyclic esters (lactones) is 1. The van der Waals surface area contributed by atoms with Crippen LogP contribution in [0.15, 0.2) is 53.2 Å². The summed E-state index contributed by atoms with van der Waals surface area (Å²) < 4.78 is 10.7. The Kier molecular flexibility index (Phi) is 4.47. The zero-order valence-electron chi connectivity index (χ0n) is 14.0. The number of carbonyl (C=O) groups excluding carboxylic acids is 1. The van der Waals surface area contributed by atoms with Crippen molar-refractivity contribution < 1.29 is 14.3 Å². The Morgan fingerprint density at radius 2 is 2.00 bits per heavy atom. The molecule has 24 heavy (non-hydrogen) atoms. The quantitative estimate of drug-likeness (QED) is 0.633. The Balaban J connectivity index is 2.02. The van der Waals surface area contributed by atoms with Crippen molar-refractivity contribution in [1.82, 2.24) is 0 Å². The number of nitrogens with zero attached hydrogens (tertiary/aromatic N) is 1. The van der Waals surface area contributed by atoms with Crippen LogP contribution >= 0.6 is 0 Å². The lowest BCUT2D eigenvalue weighted by atomic mass is 10.1. The number of ether oxygens (including phenoxy) is 2. The molecule has 1 aliphatic heterocycles. The minimum atomic E-state index is -0.447. The number of rotatable bonds is 4. The van der Waals surface area contributed by atoms with E-state index in [1.807, 2.05) is 49.4 Å². The Labute approximate surface area is 141 Å². The number of aryl methyl sites for hydroxylation is 2. The van der Waals surface area contributed by atoms with Gasteiger partial charge in [-0.25, -0.2) is 9.79 Å². The zero-order chi connectivity index (χ0) is 17.1. The van der Waals surface area contributed by atoms with Gasteiger partial charge in [-0.15, -0.1) is 0 Å². The van der Waals surface area contributed by atoms with Crippen LogP contribution in [0.4, 0.5) is 0 Å². The fraction of sp³-hybridized carbons (Fsp3) is 0.200. The Morgan fingerprint density at radius 1 is 1.21 bits per heavy atom. The first-order valence-corrected chi connectivity index (χ1v) is 7.88. The van der Waals surface area contributed by atoms with Gasteiger partial charge in [0.2, 0.25) is 5.90 Å². The maximum atomic E-state index is 12.2. The first kappa shape index (κ1) is 16.0. The van der Waals surface area contributed by atoms with E-state index in [1.54, 1.807) is 13.2 Å². The number of benzene rings is 2. The van der Waals surface area contributed by atoms with Crippen molar-refractivity contribution in [2.45, 2.75) is 20.3 Å². The Morgan fingerprint density at radius 3 is 2.71 bits per heavy atom. The van der Waals surface area contributed by atoms with E-state index in [-0.39, 0.29) is 5.70 Å². The summed E-state index contributed by atoms with van der Waals surface area (Å²) in [6.45, 7) is 4.04. The monoisotopic (exact) mass is 321 g/mol. The van der Waals surface area contributed by atoms with Crippen LogP contribution in [0.1, 0.15) is 29.2 Å². The first-order valence-electron chi connectivity index (χ1n) is 7.88. The highest BCUT2D eigenvalue weighted by Crippen LogP contribution is 2.26. The lowest BCUT2D eigenvalue weighted by molar-refractivity contribution is -0.129. The molecule has 0 saturated heterocycles. The minimum Gasteiger partial charge on any atom is -0.496 e. The number of methoxy groups -OCH3 is 1. The lowest BCUT2D eigenvalue weighted by Gasteiger charge is -2.06. The Hall–Kier alpha value is -2.88. The largest absolute Gasteiger partial charge is 0.496 e. The fourth-order valence-electron chi connectivity index (χ4n) is 2.60. The van der Waals surface area contributed by atoms with Gasteiger partial charge in [0.1, 0.15) is 5.75 Å². The zero-order valence-corrected chi connectivity index (χ0v) is 14.0. The van der Waals surface area contributed by atoms with Gasteiger partial charge in [0.15, 0.2) is 5.70 Å². The number of carbonyl (C=O) groups is 1. The molecule has 0 aromatic heterocycles. The van der Waals surface area contributed by atoms with Gasteiger partial charge in [-0.3, -0.25) is 0 Å². The Bertz CT molecular complexity index is 850. The van der Waals surface area contributed by atoms with Crippen molar-refractivity contribution >= 4 is 17.9 Å². The van der Waals surface area contributed by atoms with E-state index >= 15 is 0 Å². The highest BCUT2D eigenvalue weighted by Gasteiger charge is 2.25. The summed E-state index contributed by atoms with van der Waals surface area (Å²) >= 11 is 0. The molecule has 0 radical (unpaired) electrons. The summed E-state index contributed by atoms with van der Waals surface area (Å²) in [4.78, 5) is 16.6. The molecular weight excluding hydrogens is 302 g/mol. The average molecular weight is 321 g/mol. The van der Waals surface area contributed by atoms with Crippen molar-refractivity contribution in [2.24, 2.45) is 4.99 Å². The molecule has 0 atom stereocenters. The van der Waals surface area contributed by atoms with Gasteiger partial charge < -0.3 is 9.47 Å². The SMILES string of the molecule is CCc1ccc(OC)c(/C=C2/N=C(c3ccccc3C)OC2=O)c1.